The third-order valence-corrected chi connectivity index (χ3v) is 3.36. The number of nitrogens with two attached hydrogens (primary N) is 1. The Bertz CT molecular complexity index is 666. The Morgan fingerprint density at radius 2 is 2.00 bits per heavy atom. The van der Waals surface area contributed by atoms with Gasteiger partial charge in [0.25, 0.3) is 5.56 Å². The number of H-pyrrole nitrogens is 1. The van der Waals surface area contributed by atoms with Crippen LogP contribution < -0.4 is 16.6 Å². The molecule has 0 aliphatic carbocycles. The van der Waals surface area contributed by atoms with Gasteiger partial charge < -0.3 is 16.0 Å². The smallest absolute Gasteiger partial charge is 0.253 e. The number of nitrogen functional groups attached to an aromatic ring is 1. The average molecular weight is 298 g/mol. The summed E-state index contributed by atoms with van der Waals surface area (Å²) in [6.45, 7) is 0.353. The fourth-order valence-electron chi connectivity index (χ4n) is 1.61. The lowest BCUT2D eigenvalue weighted by molar-refractivity contribution is 0.535. The van der Waals surface area contributed by atoms with Crippen molar-refractivity contribution in [3.8, 4) is 0 Å². The highest BCUT2D eigenvalue weighted by Crippen LogP contribution is 2.30. The van der Waals surface area contributed by atoms with Gasteiger partial charge in [-0.15, -0.1) is 0 Å². The number of halogens is 2. The van der Waals surface area contributed by atoms with Gasteiger partial charge in [-0.25, -0.2) is 13.8 Å². The Balaban J connectivity index is 2.36. The number of aromatic nitrogens is 2. The van der Waals surface area contributed by atoms with Crippen molar-refractivity contribution >= 4 is 17.6 Å². The number of benzene rings is 1. The van der Waals surface area contributed by atoms with Crippen molar-refractivity contribution in [3.63, 3.8) is 0 Å². The quantitative estimate of drug-likeness (QED) is 0.745. The second-order valence-corrected chi connectivity index (χ2v) is 5.00. The van der Waals surface area contributed by atoms with Crippen LogP contribution >= 0.6 is 11.8 Å². The maximum Gasteiger partial charge on any atom is 0.253 e. The molecule has 2 rings (SSSR count). The van der Waals surface area contributed by atoms with Crippen LogP contribution in [0.4, 0.5) is 14.6 Å². The predicted molar refractivity (Wildman–Crippen MR) is 72.5 cm³/mol. The largest absolute Gasteiger partial charge is 0.383 e. The van der Waals surface area contributed by atoms with E-state index in [0.29, 0.717) is 23.9 Å². The molecule has 1 aromatic carbocycles. The zero-order valence-corrected chi connectivity index (χ0v) is 11.4. The van der Waals surface area contributed by atoms with Gasteiger partial charge in [0.1, 0.15) is 17.5 Å². The van der Waals surface area contributed by atoms with Crippen LogP contribution in [0.1, 0.15) is 5.56 Å². The van der Waals surface area contributed by atoms with Crippen molar-refractivity contribution in [1.29, 1.82) is 0 Å². The second-order valence-electron chi connectivity index (χ2n) is 4.00. The van der Waals surface area contributed by atoms with Crippen LogP contribution in [0, 0.1) is 11.6 Å². The van der Waals surface area contributed by atoms with Crippen LogP contribution in [-0.4, -0.2) is 17.0 Å². The Hall–Kier alpha value is -1.93. The van der Waals surface area contributed by atoms with Crippen LogP contribution in [-0.2, 0) is 6.54 Å². The minimum atomic E-state index is -0.717. The van der Waals surface area contributed by atoms with E-state index in [2.05, 4.69) is 15.3 Å². The van der Waals surface area contributed by atoms with Gasteiger partial charge in [-0.05, 0) is 36.5 Å². The Labute approximate surface area is 117 Å². The molecule has 0 bridgehead atoms. The molecular formula is C12H12F2N4OS. The molecule has 4 N–H and O–H groups in total. The van der Waals surface area contributed by atoms with E-state index < -0.39 is 17.2 Å². The molecular weight excluding hydrogens is 286 g/mol. The molecule has 0 unspecified atom stereocenters. The number of aromatic amines is 1. The molecule has 0 radical (unpaired) electrons. The SMILES string of the molecule is CNCc1cc(F)c(Sc2nc(N)cc(=O)[nH]2)c(F)c1. The first-order chi connectivity index (χ1) is 9.49. The minimum absolute atomic E-state index is 0.0103. The molecule has 0 saturated heterocycles. The molecule has 0 amide bonds. The van der Waals surface area contributed by atoms with Crippen LogP contribution in [0.5, 0.6) is 0 Å². The zero-order chi connectivity index (χ0) is 14.7. The lowest BCUT2D eigenvalue weighted by Crippen LogP contribution is -2.10. The van der Waals surface area contributed by atoms with Gasteiger partial charge >= 0.3 is 0 Å². The van der Waals surface area contributed by atoms with E-state index in [9.17, 15) is 13.6 Å². The molecule has 0 spiro atoms. The van der Waals surface area contributed by atoms with E-state index in [1.54, 1.807) is 7.05 Å². The number of rotatable bonds is 4. The first-order valence-corrected chi connectivity index (χ1v) is 6.48. The van der Waals surface area contributed by atoms with Crippen LogP contribution in [0.2, 0.25) is 0 Å². The van der Waals surface area contributed by atoms with Gasteiger partial charge in [0, 0.05) is 12.6 Å². The number of nitrogens with zero attached hydrogens (tertiary/aromatic N) is 1. The number of anilines is 1. The molecule has 0 aliphatic heterocycles. The predicted octanol–water partition coefficient (Wildman–Crippen LogP) is 1.50. The maximum atomic E-state index is 13.9. The lowest BCUT2D eigenvalue weighted by Gasteiger charge is -2.07. The monoisotopic (exact) mass is 298 g/mol. The summed E-state index contributed by atoms with van der Waals surface area (Å²) in [6, 6.07) is 3.55. The Morgan fingerprint density at radius 3 is 2.55 bits per heavy atom. The maximum absolute atomic E-state index is 13.9. The summed E-state index contributed by atoms with van der Waals surface area (Å²) in [5, 5.41) is 2.84. The number of hydrogen-bond donors (Lipinski definition) is 3. The summed E-state index contributed by atoms with van der Waals surface area (Å²) in [7, 11) is 1.68. The number of hydrogen-bond acceptors (Lipinski definition) is 5. The van der Waals surface area contributed by atoms with Crippen molar-refractivity contribution < 1.29 is 8.78 Å². The van der Waals surface area contributed by atoms with E-state index >= 15 is 0 Å². The Kier molecular flexibility index (Phi) is 4.35. The van der Waals surface area contributed by atoms with E-state index in [1.165, 1.54) is 12.1 Å². The fourth-order valence-corrected chi connectivity index (χ4v) is 2.42. The molecule has 0 saturated carbocycles. The topological polar surface area (TPSA) is 83.8 Å². The van der Waals surface area contributed by atoms with Crippen LogP contribution in [0.15, 0.2) is 33.0 Å². The summed E-state index contributed by atoms with van der Waals surface area (Å²) >= 11 is 0.679. The van der Waals surface area contributed by atoms with E-state index in [4.69, 9.17) is 5.73 Å². The highest BCUT2D eigenvalue weighted by molar-refractivity contribution is 7.99. The van der Waals surface area contributed by atoms with Gasteiger partial charge in [-0.2, -0.15) is 0 Å². The van der Waals surface area contributed by atoms with E-state index in [-0.39, 0.29) is 15.9 Å². The molecule has 2 aromatic rings. The molecule has 106 valence electrons. The molecule has 0 aliphatic rings. The van der Waals surface area contributed by atoms with Crippen LogP contribution in [0.25, 0.3) is 0 Å². The van der Waals surface area contributed by atoms with Crippen molar-refractivity contribution in [2.45, 2.75) is 16.6 Å². The van der Waals surface area contributed by atoms with Crippen molar-refractivity contribution in [3.05, 3.63) is 45.8 Å². The third kappa shape index (κ3) is 3.34. The standard InChI is InChI=1S/C12H12F2N4OS/c1-16-5-6-2-7(13)11(8(14)3-6)20-12-17-9(15)4-10(19)18-12/h2-4,16H,5H2,1H3,(H3,15,17,18,19). The highest BCUT2D eigenvalue weighted by atomic mass is 32.2. The van der Waals surface area contributed by atoms with Gasteiger partial charge in [0.15, 0.2) is 5.16 Å². The zero-order valence-electron chi connectivity index (χ0n) is 10.5. The van der Waals surface area contributed by atoms with Crippen molar-refractivity contribution in [2.75, 3.05) is 12.8 Å². The van der Waals surface area contributed by atoms with Crippen molar-refractivity contribution in [2.24, 2.45) is 0 Å². The summed E-state index contributed by atoms with van der Waals surface area (Å²) in [6.07, 6.45) is 0. The molecule has 1 heterocycles. The molecule has 0 fully saturated rings. The van der Waals surface area contributed by atoms with Gasteiger partial charge in [-0.3, -0.25) is 4.79 Å². The average Bonchev–Trinajstić information content (AvgIpc) is 2.33. The minimum Gasteiger partial charge on any atom is -0.383 e. The normalized spacial score (nSPS) is 10.8. The molecule has 0 atom stereocenters. The number of nitrogens with one attached hydrogen (secondary N) is 2. The molecule has 8 heteroatoms. The molecule has 5 nitrogen and oxygen atoms in total. The van der Waals surface area contributed by atoms with E-state index in [0.717, 1.165) is 6.07 Å². The molecule has 1 aromatic heterocycles. The highest BCUT2D eigenvalue weighted by Gasteiger charge is 2.14. The van der Waals surface area contributed by atoms with Gasteiger partial charge in [0.2, 0.25) is 0 Å². The third-order valence-electron chi connectivity index (χ3n) is 2.38. The van der Waals surface area contributed by atoms with Crippen LogP contribution in [0.3, 0.4) is 0 Å². The summed E-state index contributed by atoms with van der Waals surface area (Å²) in [5.74, 6) is -1.44. The van der Waals surface area contributed by atoms with Gasteiger partial charge in [0.05, 0.1) is 4.90 Å². The van der Waals surface area contributed by atoms with E-state index in [1.807, 2.05) is 0 Å². The van der Waals surface area contributed by atoms with Crippen molar-refractivity contribution in [1.82, 2.24) is 15.3 Å². The first kappa shape index (κ1) is 14.5. The summed E-state index contributed by atoms with van der Waals surface area (Å²) in [5.41, 5.74) is 5.42. The lowest BCUT2D eigenvalue weighted by atomic mass is 10.2. The van der Waals surface area contributed by atoms with Gasteiger partial charge in [-0.1, -0.05) is 0 Å². The summed E-state index contributed by atoms with van der Waals surface area (Å²) in [4.78, 5) is 17.2. The summed E-state index contributed by atoms with van der Waals surface area (Å²) < 4.78 is 27.8. The second kappa shape index (κ2) is 6.02. The fraction of sp³-hybridized carbons (Fsp3) is 0.167. The Morgan fingerprint density at radius 1 is 1.35 bits per heavy atom. The molecule has 20 heavy (non-hydrogen) atoms. The first-order valence-electron chi connectivity index (χ1n) is 5.67.